The van der Waals surface area contributed by atoms with Gasteiger partial charge in [-0.05, 0) is 111 Å². The van der Waals surface area contributed by atoms with Crippen molar-refractivity contribution in [3.63, 3.8) is 0 Å². The molecule has 2 saturated carbocycles. The number of ether oxygens (including phenoxy) is 1. The molecule has 206 valence electrons. The van der Waals surface area contributed by atoms with Crippen LogP contribution < -0.4 is 4.74 Å². The minimum Gasteiger partial charge on any atom is -0.429 e. The van der Waals surface area contributed by atoms with Gasteiger partial charge in [0.1, 0.15) is 6.17 Å². The molecule has 0 N–H and O–H groups in total. The molecule has 0 unspecified atom stereocenters. The Morgan fingerprint density at radius 2 is 1.35 bits per heavy atom. The van der Waals surface area contributed by atoms with E-state index in [0.29, 0.717) is 37.2 Å². The van der Waals surface area contributed by atoms with Gasteiger partial charge in [0.25, 0.3) is 0 Å². The lowest BCUT2D eigenvalue weighted by Gasteiger charge is -2.28. The minimum atomic E-state index is -3.28. The third-order valence-electron chi connectivity index (χ3n) is 7.71. The summed E-state index contributed by atoms with van der Waals surface area (Å²) in [6, 6.07) is 11.2. The number of hydrogen-bond acceptors (Lipinski definition) is 1. The van der Waals surface area contributed by atoms with Crippen molar-refractivity contribution < 1.29 is 31.1 Å². The van der Waals surface area contributed by atoms with Gasteiger partial charge in [-0.3, -0.25) is 4.39 Å². The molecule has 2 aromatic rings. The first kappa shape index (κ1) is 29.4. The molecule has 7 heteroatoms. The Labute approximate surface area is 216 Å². The Balaban J connectivity index is 0.000000206. The van der Waals surface area contributed by atoms with Crippen molar-refractivity contribution in [2.24, 2.45) is 5.92 Å². The van der Waals surface area contributed by atoms with Gasteiger partial charge >= 0.3 is 6.61 Å². The number of alkyl halides is 4. The van der Waals surface area contributed by atoms with E-state index in [1.807, 2.05) is 0 Å². The van der Waals surface area contributed by atoms with Gasteiger partial charge in [0.15, 0.2) is 17.4 Å². The van der Waals surface area contributed by atoms with Crippen LogP contribution in [0.15, 0.2) is 36.4 Å². The van der Waals surface area contributed by atoms with Gasteiger partial charge in [-0.15, -0.1) is 0 Å². The van der Waals surface area contributed by atoms with Crippen LogP contribution in [0, 0.1) is 17.6 Å². The van der Waals surface area contributed by atoms with Gasteiger partial charge in [0, 0.05) is 0 Å². The van der Waals surface area contributed by atoms with Crippen LogP contribution in [0.2, 0.25) is 0 Å². The average Bonchev–Trinajstić information content (AvgIpc) is 2.88. The maximum atomic E-state index is 13.5. The van der Waals surface area contributed by atoms with Crippen molar-refractivity contribution in [2.75, 3.05) is 6.67 Å². The monoisotopic (exact) mass is 528 g/mol. The number of rotatable bonds is 8. The van der Waals surface area contributed by atoms with Crippen LogP contribution in [0.4, 0.5) is 26.3 Å². The Morgan fingerprint density at radius 1 is 0.811 bits per heavy atom. The highest BCUT2D eigenvalue weighted by atomic mass is 19.3. The predicted molar refractivity (Wildman–Crippen MR) is 135 cm³/mol. The highest BCUT2D eigenvalue weighted by Gasteiger charge is 2.25. The second kappa shape index (κ2) is 14.7. The topological polar surface area (TPSA) is 9.23 Å². The molecule has 0 spiro atoms. The van der Waals surface area contributed by atoms with E-state index < -0.39 is 30.2 Å². The highest BCUT2D eigenvalue weighted by Crippen LogP contribution is 2.38. The second-order valence-electron chi connectivity index (χ2n) is 10.3. The van der Waals surface area contributed by atoms with Crippen molar-refractivity contribution in [2.45, 2.75) is 102 Å². The summed E-state index contributed by atoms with van der Waals surface area (Å²) in [6.45, 7) is -1.20. The molecule has 2 aromatic carbocycles. The molecule has 2 fully saturated rings. The molecule has 0 aromatic heterocycles. The summed E-state index contributed by atoms with van der Waals surface area (Å²) >= 11 is 0. The van der Waals surface area contributed by atoms with Crippen LogP contribution >= 0.6 is 0 Å². The molecular formula is C30H38F6O. The highest BCUT2D eigenvalue weighted by molar-refractivity contribution is 5.33. The molecule has 0 heterocycles. The molecule has 0 aliphatic heterocycles. The first-order valence-electron chi connectivity index (χ1n) is 13.5. The predicted octanol–water partition coefficient (Wildman–Crippen LogP) is 9.83. The normalized spacial score (nSPS) is 23.9. The molecular weight excluding hydrogens is 490 g/mol. The molecule has 0 amide bonds. The largest absolute Gasteiger partial charge is 0.429 e. The summed E-state index contributed by atoms with van der Waals surface area (Å²) in [5.41, 5.74) is 3.31. The maximum Gasteiger partial charge on any atom is 0.387 e. The third kappa shape index (κ3) is 8.96. The number of aryl methyl sites for hydroxylation is 1. The van der Waals surface area contributed by atoms with E-state index in [1.54, 1.807) is 0 Å². The van der Waals surface area contributed by atoms with E-state index >= 15 is 0 Å². The number of hydrogen-bond donors (Lipinski definition) is 0. The van der Waals surface area contributed by atoms with Crippen molar-refractivity contribution in [3.8, 4) is 5.75 Å². The summed E-state index contributed by atoms with van der Waals surface area (Å²) in [5, 5.41) is 0. The van der Waals surface area contributed by atoms with E-state index in [4.69, 9.17) is 0 Å². The zero-order chi connectivity index (χ0) is 26.8. The fourth-order valence-corrected chi connectivity index (χ4v) is 5.59. The minimum absolute atomic E-state index is 0.138. The standard InChI is InChI=1S/C17H25F.C13H13F5O/c1-2-3-14-4-8-16(9-5-14)17-10-6-15(7-11-17)12-13-18;14-9-3-1-7(2-4-9)8-5-10(15)12(11(16)6-8)19-13(17)18/h4-5,8-9,15,17H,2-3,6-7,10-13H2,1H3;5-7,9,13H,1-4H2. The van der Waals surface area contributed by atoms with Gasteiger partial charge in [-0.1, -0.05) is 37.6 Å². The maximum absolute atomic E-state index is 13.5. The summed E-state index contributed by atoms with van der Waals surface area (Å²) < 4.78 is 80.1. The van der Waals surface area contributed by atoms with E-state index in [0.717, 1.165) is 24.5 Å². The summed E-state index contributed by atoms with van der Waals surface area (Å²) in [7, 11) is 0. The lowest BCUT2D eigenvalue weighted by Crippen LogP contribution is -2.14. The van der Waals surface area contributed by atoms with Crippen molar-refractivity contribution in [3.05, 3.63) is 64.7 Å². The van der Waals surface area contributed by atoms with Gasteiger partial charge in [-0.2, -0.15) is 8.78 Å². The van der Waals surface area contributed by atoms with Crippen LogP contribution in [0.1, 0.15) is 99.7 Å². The molecule has 0 saturated heterocycles. The molecule has 0 atom stereocenters. The van der Waals surface area contributed by atoms with Gasteiger partial charge < -0.3 is 4.74 Å². The quantitative estimate of drug-likeness (QED) is 0.310. The second-order valence-corrected chi connectivity index (χ2v) is 10.3. The lowest BCUT2D eigenvalue weighted by atomic mass is 9.77. The van der Waals surface area contributed by atoms with E-state index in [1.165, 1.54) is 49.7 Å². The molecule has 0 radical (unpaired) electrons. The first-order valence-corrected chi connectivity index (χ1v) is 13.5. The Morgan fingerprint density at radius 3 is 1.86 bits per heavy atom. The lowest BCUT2D eigenvalue weighted by molar-refractivity contribution is -0.0546. The van der Waals surface area contributed by atoms with Gasteiger partial charge in [-0.25, -0.2) is 13.2 Å². The molecule has 2 aliphatic carbocycles. The summed E-state index contributed by atoms with van der Waals surface area (Å²) in [6.07, 6.45) is 8.93. The van der Waals surface area contributed by atoms with Crippen LogP contribution in [-0.2, 0) is 6.42 Å². The zero-order valence-corrected chi connectivity index (χ0v) is 21.5. The van der Waals surface area contributed by atoms with Crippen LogP contribution in [0.5, 0.6) is 5.75 Å². The number of halogens is 6. The van der Waals surface area contributed by atoms with Crippen molar-refractivity contribution in [1.29, 1.82) is 0 Å². The van der Waals surface area contributed by atoms with Crippen LogP contribution in [0.3, 0.4) is 0 Å². The average molecular weight is 529 g/mol. The fourth-order valence-electron chi connectivity index (χ4n) is 5.59. The van der Waals surface area contributed by atoms with E-state index in [2.05, 4.69) is 35.9 Å². The molecule has 2 aliphatic rings. The van der Waals surface area contributed by atoms with Gasteiger partial charge in [0.05, 0.1) is 6.67 Å². The Kier molecular flexibility index (Phi) is 11.7. The summed E-state index contributed by atoms with van der Waals surface area (Å²) in [5.74, 6) is -2.16. The molecule has 4 rings (SSSR count). The van der Waals surface area contributed by atoms with Gasteiger partial charge in [0.2, 0.25) is 0 Å². The number of benzene rings is 2. The smallest absolute Gasteiger partial charge is 0.387 e. The molecule has 37 heavy (non-hydrogen) atoms. The van der Waals surface area contributed by atoms with Crippen molar-refractivity contribution >= 4 is 0 Å². The van der Waals surface area contributed by atoms with Crippen molar-refractivity contribution in [1.82, 2.24) is 0 Å². The third-order valence-corrected chi connectivity index (χ3v) is 7.71. The fraction of sp³-hybridized carbons (Fsp3) is 0.600. The molecule has 0 bridgehead atoms. The van der Waals surface area contributed by atoms with E-state index in [-0.39, 0.29) is 12.6 Å². The summed E-state index contributed by atoms with van der Waals surface area (Å²) in [4.78, 5) is 0. The van der Waals surface area contributed by atoms with Crippen LogP contribution in [0.25, 0.3) is 0 Å². The SMILES string of the molecule is CCCc1ccc(C2CCC(CCF)CC2)cc1.Fc1cc(C2CCC(F)CC2)cc(F)c1OC(F)F. The zero-order valence-electron chi connectivity index (χ0n) is 21.5. The van der Waals surface area contributed by atoms with E-state index in [9.17, 15) is 26.3 Å². The first-order chi connectivity index (χ1) is 17.8. The Bertz CT molecular complexity index is 909. The van der Waals surface area contributed by atoms with Crippen LogP contribution in [-0.4, -0.2) is 19.5 Å². The Hall–Kier alpha value is -2.18. The molecule has 1 nitrogen and oxygen atoms in total.